The fraction of sp³-hybridized carbons (Fsp3) is 0.360. The predicted molar refractivity (Wildman–Crippen MR) is 129 cm³/mol. The molecule has 4 heterocycles. The highest BCUT2D eigenvalue weighted by Crippen LogP contribution is 2.31. The molecule has 0 spiro atoms. The van der Waals surface area contributed by atoms with Crippen LogP contribution in [0.15, 0.2) is 52.2 Å². The average molecular weight is 480 g/mol. The van der Waals surface area contributed by atoms with Crippen molar-refractivity contribution in [2.24, 2.45) is 0 Å². The number of H-pyrrole nitrogens is 1. The Kier molecular flexibility index (Phi) is 5.46. The van der Waals surface area contributed by atoms with Crippen molar-refractivity contribution in [1.29, 1.82) is 0 Å². The zero-order chi connectivity index (χ0) is 24.9. The third-order valence-corrected chi connectivity index (χ3v) is 6.17. The number of hydrogen-bond acceptors (Lipinski definition) is 5. The molecule has 0 aliphatic carbocycles. The Balaban J connectivity index is 1.56. The smallest absolute Gasteiger partial charge is 0.410 e. The number of benzene rings is 1. The van der Waals surface area contributed by atoms with E-state index in [2.05, 4.69) is 4.98 Å². The van der Waals surface area contributed by atoms with E-state index in [1.54, 1.807) is 27.6 Å². The van der Waals surface area contributed by atoms with Crippen molar-refractivity contribution in [3.63, 3.8) is 0 Å². The number of carbonyl (C=O) groups is 1. The van der Waals surface area contributed by atoms with Gasteiger partial charge in [-0.25, -0.2) is 13.7 Å². The number of fused-ring (bicyclic) bond motifs is 3. The van der Waals surface area contributed by atoms with E-state index >= 15 is 0 Å². The second-order valence-electron chi connectivity index (χ2n) is 9.76. The van der Waals surface area contributed by atoms with Crippen molar-refractivity contribution in [2.75, 3.05) is 13.1 Å². The number of aromatic amines is 1. The Hall–Kier alpha value is -3.95. The molecular formula is C25H26FN5O4. The number of rotatable bonds is 2. The summed E-state index contributed by atoms with van der Waals surface area (Å²) in [6, 6.07) is 9.30. The predicted octanol–water partition coefficient (Wildman–Crippen LogP) is 3.58. The summed E-state index contributed by atoms with van der Waals surface area (Å²) >= 11 is 0. The first-order chi connectivity index (χ1) is 16.6. The van der Waals surface area contributed by atoms with Crippen LogP contribution in [-0.2, 0) is 4.74 Å². The van der Waals surface area contributed by atoms with Gasteiger partial charge in [0.1, 0.15) is 11.2 Å². The number of nitrogens with one attached hydrogen (secondary N) is 1. The summed E-state index contributed by atoms with van der Waals surface area (Å²) in [5.74, 6) is -0.875. The minimum atomic E-state index is -0.869. The number of nitrogens with zero attached hydrogens (tertiary/aromatic N) is 4. The number of pyridine rings is 1. The van der Waals surface area contributed by atoms with Gasteiger partial charge in [0, 0.05) is 31.3 Å². The van der Waals surface area contributed by atoms with Gasteiger partial charge < -0.3 is 14.6 Å². The highest BCUT2D eigenvalue weighted by atomic mass is 19.1. The van der Waals surface area contributed by atoms with Gasteiger partial charge >= 0.3 is 6.09 Å². The molecule has 0 atom stereocenters. The molecular weight excluding hydrogens is 453 g/mol. The lowest BCUT2D eigenvalue weighted by Gasteiger charge is -2.33. The number of carbonyl (C=O) groups excluding carboxylic acids is 1. The summed E-state index contributed by atoms with van der Waals surface area (Å²) in [5, 5.41) is 5.25. The number of likely N-dealkylation sites (tertiary alicyclic amines) is 1. The van der Waals surface area contributed by atoms with Crippen LogP contribution in [0, 0.1) is 5.82 Å². The maximum atomic E-state index is 14.0. The highest BCUT2D eigenvalue weighted by Gasteiger charge is 2.29. The lowest BCUT2D eigenvalue weighted by atomic mass is 9.93. The maximum absolute atomic E-state index is 14.0. The number of hydrogen-bond donors (Lipinski definition) is 1. The SMILES string of the molecule is CC(C)(C)OC(=O)N1CCC(c2cc(=O)[nH]c3c4c(-n5cccc(F)c5=O)cccc4nn23)CC1. The molecule has 0 radical (unpaired) electrons. The van der Waals surface area contributed by atoms with Crippen molar-refractivity contribution in [3.8, 4) is 5.69 Å². The van der Waals surface area contributed by atoms with Crippen molar-refractivity contribution >= 4 is 22.6 Å². The van der Waals surface area contributed by atoms with Gasteiger partial charge in [-0.3, -0.25) is 14.2 Å². The second-order valence-corrected chi connectivity index (χ2v) is 9.76. The molecule has 35 heavy (non-hydrogen) atoms. The van der Waals surface area contributed by atoms with Crippen LogP contribution in [-0.4, -0.2) is 48.8 Å². The van der Waals surface area contributed by atoms with Crippen molar-refractivity contribution < 1.29 is 13.9 Å². The molecule has 1 amide bonds. The van der Waals surface area contributed by atoms with E-state index in [0.717, 1.165) is 11.8 Å². The molecule has 1 aliphatic rings. The van der Waals surface area contributed by atoms with Crippen LogP contribution in [0.3, 0.4) is 0 Å². The minimum absolute atomic E-state index is 0.00635. The van der Waals surface area contributed by atoms with Crippen molar-refractivity contribution in [2.45, 2.75) is 45.1 Å². The van der Waals surface area contributed by atoms with Gasteiger partial charge in [-0.15, -0.1) is 0 Å². The van der Waals surface area contributed by atoms with Crippen LogP contribution in [0.4, 0.5) is 9.18 Å². The molecule has 9 nitrogen and oxygen atoms in total. The first-order valence-electron chi connectivity index (χ1n) is 11.5. The van der Waals surface area contributed by atoms with Crippen LogP contribution in [0.2, 0.25) is 0 Å². The third kappa shape index (κ3) is 4.20. The molecule has 10 heteroatoms. The van der Waals surface area contributed by atoms with Gasteiger partial charge in [-0.1, -0.05) is 6.07 Å². The lowest BCUT2D eigenvalue weighted by molar-refractivity contribution is 0.0203. The van der Waals surface area contributed by atoms with Gasteiger partial charge in [0.25, 0.3) is 11.1 Å². The number of ether oxygens (including phenoxy) is 1. The van der Waals surface area contributed by atoms with Gasteiger partial charge in [0.15, 0.2) is 5.82 Å². The highest BCUT2D eigenvalue weighted by molar-refractivity contribution is 5.99. The number of halogens is 1. The summed E-state index contributed by atoms with van der Waals surface area (Å²) in [6.07, 6.45) is 2.42. The van der Waals surface area contributed by atoms with E-state index in [-0.39, 0.29) is 17.6 Å². The summed E-state index contributed by atoms with van der Waals surface area (Å²) in [6.45, 7) is 6.49. The van der Waals surface area contributed by atoms with Crippen molar-refractivity contribution in [3.05, 3.63) is 74.8 Å². The summed E-state index contributed by atoms with van der Waals surface area (Å²) in [7, 11) is 0. The van der Waals surface area contributed by atoms with Gasteiger partial charge in [-0.2, -0.15) is 5.10 Å². The van der Waals surface area contributed by atoms with E-state index in [4.69, 9.17) is 9.84 Å². The largest absolute Gasteiger partial charge is 0.444 e. The molecule has 0 bridgehead atoms. The van der Waals surface area contributed by atoms with Gasteiger partial charge in [0.2, 0.25) is 0 Å². The van der Waals surface area contributed by atoms with E-state index in [0.29, 0.717) is 48.2 Å². The molecule has 1 fully saturated rings. The van der Waals surface area contributed by atoms with E-state index in [1.807, 2.05) is 20.8 Å². The van der Waals surface area contributed by atoms with E-state index in [9.17, 15) is 18.8 Å². The van der Waals surface area contributed by atoms with Crippen LogP contribution in [0.25, 0.3) is 22.2 Å². The molecule has 4 aromatic rings. The minimum Gasteiger partial charge on any atom is -0.444 e. The Morgan fingerprint density at radius 1 is 1.14 bits per heavy atom. The molecule has 5 rings (SSSR count). The molecule has 1 aromatic carbocycles. The normalized spacial score (nSPS) is 15.1. The second kappa shape index (κ2) is 8.37. The van der Waals surface area contributed by atoms with Crippen molar-refractivity contribution in [1.82, 2.24) is 24.1 Å². The number of aromatic nitrogens is 4. The topological polar surface area (TPSA) is 102 Å². The molecule has 1 saturated heterocycles. The molecule has 0 unspecified atom stereocenters. The Bertz CT molecular complexity index is 1550. The fourth-order valence-electron chi connectivity index (χ4n) is 4.60. The Morgan fingerprint density at radius 3 is 2.60 bits per heavy atom. The lowest BCUT2D eigenvalue weighted by Crippen LogP contribution is -2.41. The average Bonchev–Trinajstić information content (AvgIpc) is 3.18. The summed E-state index contributed by atoms with van der Waals surface area (Å²) in [5.41, 5.74) is 0.494. The van der Waals surface area contributed by atoms with Gasteiger partial charge in [-0.05, 0) is 57.9 Å². The zero-order valence-corrected chi connectivity index (χ0v) is 19.7. The van der Waals surface area contributed by atoms with Crippen LogP contribution >= 0.6 is 0 Å². The summed E-state index contributed by atoms with van der Waals surface area (Å²) < 4.78 is 22.4. The molecule has 1 aliphatic heterocycles. The monoisotopic (exact) mass is 479 g/mol. The fourth-order valence-corrected chi connectivity index (χ4v) is 4.60. The van der Waals surface area contributed by atoms with Crippen LogP contribution in [0.1, 0.15) is 45.2 Å². The zero-order valence-electron chi connectivity index (χ0n) is 19.7. The van der Waals surface area contributed by atoms with Crippen LogP contribution in [0.5, 0.6) is 0 Å². The number of piperidine rings is 1. The van der Waals surface area contributed by atoms with E-state index < -0.39 is 17.0 Å². The van der Waals surface area contributed by atoms with Gasteiger partial charge in [0.05, 0.1) is 22.3 Å². The van der Waals surface area contributed by atoms with E-state index in [1.165, 1.54) is 22.9 Å². The molecule has 0 saturated carbocycles. The first kappa shape index (κ1) is 22.8. The standard InChI is InChI=1S/C25H26FN5O4/c1-25(2,3)35-24(34)29-12-9-15(10-13-29)19-14-20(32)27-22-21-17(28-31(19)22)7-4-8-18(21)30-11-5-6-16(26)23(30)33/h4-8,11,14-15H,9-10,12-13H2,1-3H3,(H,27,32). The molecule has 3 aromatic heterocycles. The number of amides is 1. The quantitative estimate of drug-likeness (QED) is 0.474. The third-order valence-electron chi connectivity index (χ3n) is 6.17. The molecule has 182 valence electrons. The first-order valence-corrected chi connectivity index (χ1v) is 11.5. The Labute approximate surface area is 199 Å². The maximum Gasteiger partial charge on any atom is 0.410 e. The molecule has 1 N–H and O–H groups in total. The Morgan fingerprint density at radius 2 is 1.89 bits per heavy atom. The summed E-state index contributed by atoms with van der Waals surface area (Å²) in [4.78, 5) is 42.1. The van der Waals surface area contributed by atoms with Crippen LogP contribution < -0.4 is 11.1 Å².